The molecule has 126 valence electrons. The Balaban J connectivity index is 1.59. The van der Waals surface area contributed by atoms with E-state index in [1.54, 1.807) is 4.90 Å². The number of nitrogens with zero attached hydrogens (tertiary/aromatic N) is 2. The Labute approximate surface area is 131 Å². The molecule has 1 amide bonds. The zero-order valence-electron chi connectivity index (χ0n) is 12.1. The van der Waals surface area contributed by atoms with Gasteiger partial charge in [-0.15, -0.1) is 0 Å². The van der Waals surface area contributed by atoms with Crippen LogP contribution in [0.1, 0.15) is 18.5 Å². The maximum absolute atomic E-state index is 12.4. The predicted molar refractivity (Wildman–Crippen MR) is 74.0 cm³/mol. The van der Waals surface area contributed by atoms with Crippen LogP contribution in [-0.4, -0.2) is 43.3 Å². The minimum absolute atomic E-state index is 0.213. The summed E-state index contributed by atoms with van der Waals surface area (Å²) < 4.78 is 59.8. The SMILES string of the molecule is O=CN1CC2(CC(Cc3ccc(S(=O)(=O)C(F)(F)F)cn3)C2)C1. The first-order valence-electron chi connectivity index (χ1n) is 7.11. The third kappa shape index (κ3) is 2.82. The Kier molecular flexibility index (Phi) is 3.66. The van der Waals surface area contributed by atoms with Gasteiger partial charge < -0.3 is 4.90 Å². The maximum atomic E-state index is 12.4. The van der Waals surface area contributed by atoms with E-state index < -0.39 is 20.2 Å². The fourth-order valence-electron chi connectivity index (χ4n) is 3.58. The molecule has 3 rings (SSSR count). The van der Waals surface area contributed by atoms with Crippen LogP contribution in [0.3, 0.4) is 0 Å². The van der Waals surface area contributed by atoms with Crippen LogP contribution in [0, 0.1) is 11.3 Å². The molecule has 1 spiro atoms. The third-order valence-corrected chi connectivity index (χ3v) is 6.05. The standard InChI is InChI=1S/C14H15F3N2O3S/c15-14(16,17)23(21,22)12-2-1-11(18-6-12)3-10-4-13(5-10)7-19(8-13)9-20/h1-2,6,9-10H,3-5,7-8H2. The van der Waals surface area contributed by atoms with Gasteiger partial charge >= 0.3 is 5.51 Å². The summed E-state index contributed by atoms with van der Waals surface area (Å²) in [7, 11) is -5.34. The molecule has 1 saturated heterocycles. The monoisotopic (exact) mass is 348 g/mol. The number of hydrogen-bond donors (Lipinski definition) is 0. The van der Waals surface area contributed by atoms with Crippen LogP contribution >= 0.6 is 0 Å². The number of aromatic nitrogens is 1. The normalized spacial score (nSPS) is 20.9. The highest BCUT2D eigenvalue weighted by molar-refractivity contribution is 7.92. The van der Waals surface area contributed by atoms with Crippen molar-refractivity contribution in [3.63, 3.8) is 0 Å². The average molecular weight is 348 g/mol. The van der Waals surface area contributed by atoms with E-state index in [1.165, 1.54) is 6.07 Å². The summed E-state index contributed by atoms with van der Waals surface area (Å²) >= 11 is 0. The number of carbonyl (C=O) groups is 1. The number of sulfone groups is 1. The zero-order valence-corrected chi connectivity index (χ0v) is 12.9. The molecule has 1 aromatic heterocycles. The fraction of sp³-hybridized carbons (Fsp3) is 0.571. The van der Waals surface area contributed by atoms with Gasteiger partial charge in [0, 0.05) is 30.4 Å². The van der Waals surface area contributed by atoms with Crippen LogP contribution in [0.25, 0.3) is 0 Å². The smallest absolute Gasteiger partial charge is 0.344 e. The third-order valence-electron chi connectivity index (χ3n) is 4.58. The number of likely N-dealkylation sites (tertiary alicyclic amines) is 1. The van der Waals surface area contributed by atoms with Gasteiger partial charge in [0.15, 0.2) is 0 Å². The van der Waals surface area contributed by atoms with Crippen molar-refractivity contribution in [3.8, 4) is 0 Å². The number of hydrogen-bond acceptors (Lipinski definition) is 4. The van der Waals surface area contributed by atoms with Crippen LogP contribution in [0.15, 0.2) is 23.2 Å². The van der Waals surface area contributed by atoms with E-state index in [4.69, 9.17) is 0 Å². The van der Waals surface area contributed by atoms with E-state index in [0.717, 1.165) is 44.6 Å². The first-order chi connectivity index (χ1) is 10.7. The molecule has 2 fully saturated rings. The fourth-order valence-corrected chi connectivity index (χ4v) is 4.28. The Bertz CT molecular complexity index is 702. The maximum Gasteiger partial charge on any atom is 0.501 e. The van der Waals surface area contributed by atoms with Crippen LogP contribution in [0.2, 0.25) is 0 Å². The predicted octanol–water partition coefficient (Wildman–Crippen LogP) is 1.79. The van der Waals surface area contributed by atoms with Crippen molar-refractivity contribution >= 4 is 16.2 Å². The molecular weight excluding hydrogens is 333 g/mol. The summed E-state index contributed by atoms with van der Waals surface area (Å²) in [5.41, 5.74) is -4.52. The van der Waals surface area contributed by atoms with E-state index in [2.05, 4.69) is 4.98 Å². The Morgan fingerprint density at radius 1 is 1.30 bits per heavy atom. The second-order valence-corrected chi connectivity index (χ2v) is 8.36. The summed E-state index contributed by atoms with van der Waals surface area (Å²) in [4.78, 5) is 15.3. The van der Waals surface area contributed by atoms with Crippen LogP contribution in [0.4, 0.5) is 13.2 Å². The van der Waals surface area contributed by atoms with Crippen LogP contribution in [-0.2, 0) is 21.1 Å². The number of carbonyl (C=O) groups excluding carboxylic acids is 1. The molecule has 5 nitrogen and oxygen atoms in total. The number of alkyl halides is 3. The minimum atomic E-state index is -5.34. The highest BCUT2D eigenvalue weighted by atomic mass is 32.2. The second kappa shape index (κ2) is 5.19. The van der Waals surface area contributed by atoms with Crippen molar-refractivity contribution in [1.29, 1.82) is 0 Å². The number of amides is 1. The van der Waals surface area contributed by atoms with Crippen molar-refractivity contribution in [2.45, 2.75) is 29.7 Å². The van der Waals surface area contributed by atoms with Gasteiger partial charge in [-0.25, -0.2) is 8.42 Å². The van der Waals surface area contributed by atoms with E-state index in [9.17, 15) is 26.4 Å². The molecule has 0 aromatic carbocycles. The Hall–Kier alpha value is -1.64. The van der Waals surface area contributed by atoms with Gasteiger partial charge in [-0.3, -0.25) is 9.78 Å². The number of rotatable bonds is 4. The molecule has 23 heavy (non-hydrogen) atoms. The summed E-state index contributed by atoms with van der Waals surface area (Å²) in [5.74, 6) is 0.376. The molecule has 2 heterocycles. The summed E-state index contributed by atoms with van der Waals surface area (Å²) in [6.07, 6.45) is 4.13. The van der Waals surface area contributed by atoms with Gasteiger partial charge in [-0.2, -0.15) is 13.2 Å². The van der Waals surface area contributed by atoms with Crippen LogP contribution < -0.4 is 0 Å². The molecule has 1 aromatic rings. The lowest BCUT2D eigenvalue weighted by Gasteiger charge is -2.58. The van der Waals surface area contributed by atoms with Crippen LogP contribution in [0.5, 0.6) is 0 Å². The van der Waals surface area contributed by atoms with Gasteiger partial charge in [0.2, 0.25) is 6.41 Å². The number of pyridine rings is 1. The van der Waals surface area contributed by atoms with Gasteiger partial charge in [-0.05, 0) is 37.3 Å². The molecule has 0 N–H and O–H groups in total. The van der Waals surface area contributed by atoms with Gasteiger partial charge in [0.25, 0.3) is 9.84 Å². The van der Waals surface area contributed by atoms with Gasteiger partial charge in [0.05, 0.1) is 4.90 Å². The van der Waals surface area contributed by atoms with Crippen molar-refractivity contribution in [3.05, 3.63) is 24.0 Å². The molecule has 1 aliphatic carbocycles. The zero-order chi connectivity index (χ0) is 16.9. The molecule has 0 radical (unpaired) electrons. The number of halogens is 3. The molecule has 0 atom stereocenters. The Morgan fingerprint density at radius 3 is 2.43 bits per heavy atom. The molecule has 0 unspecified atom stereocenters. The van der Waals surface area contributed by atoms with Crippen molar-refractivity contribution < 1.29 is 26.4 Å². The highest BCUT2D eigenvalue weighted by Crippen LogP contribution is 2.52. The average Bonchev–Trinajstić information content (AvgIpc) is 2.39. The van der Waals surface area contributed by atoms with E-state index in [1.807, 2.05) is 0 Å². The molecule has 0 bridgehead atoms. The van der Waals surface area contributed by atoms with E-state index >= 15 is 0 Å². The van der Waals surface area contributed by atoms with Gasteiger partial charge in [0.1, 0.15) is 0 Å². The first-order valence-corrected chi connectivity index (χ1v) is 8.59. The molecule has 2 aliphatic rings. The molecule has 1 saturated carbocycles. The van der Waals surface area contributed by atoms with Crippen molar-refractivity contribution in [2.24, 2.45) is 11.3 Å². The largest absolute Gasteiger partial charge is 0.501 e. The molecule has 9 heteroatoms. The molecular formula is C14H15F3N2O3S. The molecule has 1 aliphatic heterocycles. The summed E-state index contributed by atoms with van der Waals surface area (Å²) in [5, 5.41) is 0. The Morgan fingerprint density at radius 2 is 1.96 bits per heavy atom. The topological polar surface area (TPSA) is 67.3 Å². The highest BCUT2D eigenvalue weighted by Gasteiger charge is 2.52. The van der Waals surface area contributed by atoms with E-state index in [0.29, 0.717) is 18.0 Å². The van der Waals surface area contributed by atoms with E-state index in [-0.39, 0.29) is 5.41 Å². The first kappa shape index (κ1) is 16.2. The summed E-state index contributed by atoms with van der Waals surface area (Å²) in [6, 6.07) is 2.29. The summed E-state index contributed by atoms with van der Waals surface area (Å²) in [6.45, 7) is 1.53. The lowest BCUT2D eigenvalue weighted by Crippen LogP contribution is -2.61. The second-order valence-electron chi connectivity index (χ2n) is 6.42. The van der Waals surface area contributed by atoms with Gasteiger partial charge in [-0.1, -0.05) is 0 Å². The minimum Gasteiger partial charge on any atom is -0.344 e. The quantitative estimate of drug-likeness (QED) is 0.778. The lowest BCUT2D eigenvalue weighted by atomic mass is 9.57. The van der Waals surface area contributed by atoms with Crippen molar-refractivity contribution in [1.82, 2.24) is 9.88 Å². The lowest BCUT2D eigenvalue weighted by molar-refractivity contribution is -0.141. The van der Waals surface area contributed by atoms with Crippen molar-refractivity contribution in [2.75, 3.05) is 13.1 Å².